The number of benzene rings is 1. The molecule has 3 N–H and O–H groups in total. The van der Waals surface area contributed by atoms with Crippen molar-refractivity contribution in [3.05, 3.63) is 58.9 Å². The number of carbonyl (C=O) groups excluding carboxylic acids is 2. The van der Waals surface area contributed by atoms with E-state index in [1.807, 2.05) is 0 Å². The lowest BCUT2D eigenvalue weighted by atomic mass is 10.00. The van der Waals surface area contributed by atoms with Gasteiger partial charge in [0, 0.05) is 28.7 Å². The fourth-order valence-corrected chi connectivity index (χ4v) is 3.42. The maximum absolute atomic E-state index is 12.7. The molecule has 1 unspecified atom stereocenters. The minimum absolute atomic E-state index is 0.0876. The zero-order valence-corrected chi connectivity index (χ0v) is 17.2. The summed E-state index contributed by atoms with van der Waals surface area (Å²) < 4.78 is 6.64. The third-order valence-electron chi connectivity index (χ3n) is 5.21. The molecular formula is C22H19N5O5. The second-order valence-electron chi connectivity index (χ2n) is 7.35. The van der Waals surface area contributed by atoms with Crippen molar-refractivity contribution in [2.24, 2.45) is 5.18 Å². The van der Waals surface area contributed by atoms with Crippen LogP contribution in [-0.4, -0.2) is 39.2 Å². The van der Waals surface area contributed by atoms with Crippen LogP contribution in [0.15, 0.2) is 47.9 Å². The van der Waals surface area contributed by atoms with Crippen LogP contribution in [0.5, 0.6) is 11.6 Å². The Bertz CT molecular complexity index is 1290. The molecule has 4 rings (SSSR count). The zero-order valence-electron chi connectivity index (χ0n) is 17.2. The average Bonchev–Trinajstić information content (AvgIpc) is 3.26. The Morgan fingerprint density at radius 2 is 2.12 bits per heavy atom. The molecule has 1 aromatic carbocycles. The molecule has 10 nitrogen and oxygen atoms in total. The van der Waals surface area contributed by atoms with Gasteiger partial charge in [-0.15, -0.1) is 0 Å². The third kappa shape index (κ3) is 3.72. The standard InChI is InChI=1S/C22H19N5O5/c1-13(26-31)18-6-3-14(10-23-18)7-8-22(20(29)24-21(30)25-22)12-27-11-15-4-5-16(32-2)9-17(15)19(27)28/h3-6,9-11,13,28H,12H2,1-2H3,(H2,24,25,29,30)/t13?,22-/m1/s1. The number of rotatable bonds is 5. The van der Waals surface area contributed by atoms with E-state index in [0.29, 0.717) is 22.4 Å². The van der Waals surface area contributed by atoms with Gasteiger partial charge in [-0.05, 0) is 37.3 Å². The quantitative estimate of drug-likeness (QED) is 0.321. The number of aromatic hydroxyl groups is 1. The van der Waals surface area contributed by atoms with E-state index in [9.17, 15) is 19.6 Å². The molecular weight excluding hydrogens is 414 g/mol. The number of imide groups is 1. The van der Waals surface area contributed by atoms with Crippen LogP contribution in [0.2, 0.25) is 0 Å². The number of aromatic nitrogens is 2. The van der Waals surface area contributed by atoms with Crippen molar-refractivity contribution in [2.45, 2.75) is 25.0 Å². The Morgan fingerprint density at radius 1 is 1.31 bits per heavy atom. The molecule has 1 aliphatic heterocycles. The van der Waals surface area contributed by atoms with Gasteiger partial charge in [-0.2, -0.15) is 4.91 Å². The lowest BCUT2D eigenvalue weighted by Gasteiger charge is -2.20. The molecule has 0 aliphatic carbocycles. The monoisotopic (exact) mass is 433 g/mol. The molecule has 1 saturated heterocycles. The van der Waals surface area contributed by atoms with E-state index in [1.165, 1.54) is 17.9 Å². The van der Waals surface area contributed by atoms with E-state index < -0.39 is 23.5 Å². The van der Waals surface area contributed by atoms with Crippen LogP contribution in [0, 0.1) is 16.7 Å². The van der Waals surface area contributed by atoms with E-state index in [-0.39, 0.29) is 12.4 Å². The topological polar surface area (TPSA) is 135 Å². The smallest absolute Gasteiger partial charge is 0.323 e. The first-order valence-corrected chi connectivity index (χ1v) is 9.66. The second kappa shape index (κ2) is 8.03. The largest absolute Gasteiger partial charge is 0.497 e. The van der Waals surface area contributed by atoms with Crippen molar-refractivity contribution in [3.8, 4) is 23.5 Å². The highest BCUT2D eigenvalue weighted by molar-refractivity contribution is 6.09. The summed E-state index contributed by atoms with van der Waals surface area (Å²) in [5, 5.41) is 19.7. The number of amides is 3. The van der Waals surface area contributed by atoms with Gasteiger partial charge < -0.3 is 19.7 Å². The molecule has 32 heavy (non-hydrogen) atoms. The number of carbonyl (C=O) groups is 2. The number of urea groups is 1. The van der Waals surface area contributed by atoms with Gasteiger partial charge in [-0.3, -0.25) is 15.1 Å². The first kappa shape index (κ1) is 20.9. The normalized spacial score (nSPS) is 18.4. The Kier molecular flexibility index (Phi) is 5.24. The highest BCUT2D eigenvalue weighted by Gasteiger charge is 2.46. The number of nitrogens with one attached hydrogen (secondary N) is 2. The van der Waals surface area contributed by atoms with Crippen LogP contribution in [0.25, 0.3) is 10.8 Å². The second-order valence-corrected chi connectivity index (χ2v) is 7.35. The Morgan fingerprint density at radius 3 is 2.75 bits per heavy atom. The summed E-state index contributed by atoms with van der Waals surface area (Å²) in [4.78, 5) is 39.4. The first-order valence-electron chi connectivity index (χ1n) is 9.66. The van der Waals surface area contributed by atoms with Crippen molar-refractivity contribution < 1.29 is 19.4 Å². The van der Waals surface area contributed by atoms with E-state index in [4.69, 9.17) is 4.74 Å². The number of nitrogens with zero attached hydrogens (tertiary/aromatic N) is 3. The average molecular weight is 433 g/mol. The van der Waals surface area contributed by atoms with Gasteiger partial charge in [-0.1, -0.05) is 17.0 Å². The molecule has 3 amide bonds. The predicted molar refractivity (Wildman–Crippen MR) is 115 cm³/mol. The molecule has 162 valence electrons. The van der Waals surface area contributed by atoms with E-state index in [0.717, 1.165) is 5.39 Å². The van der Waals surface area contributed by atoms with Crippen molar-refractivity contribution in [3.63, 3.8) is 0 Å². The number of ether oxygens (including phenoxy) is 1. The fraction of sp³-hybridized carbons (Fsp3) is 0.227. The van der Waals surface area contributed by atoms with Crippen LogP contribution in [0.1, 0.15) is 24.2 Å². The number of fused-ring (bicyclic) bond motifs is 1. The molecule has 1 aliphatic rings. The van der Waals surface area contributed by atoms with E-state index in [1.54, 1.807) is 43.5 Å². The van der Waals surface area contributed by atoms with Gasteiger partial charge >= 0.3 is 6.03 Å². The maximum Gasteiger partial charge on any atom is 0.323 e. The summed E-state index contributed by atoms with van der Waals surface area (Å²) >= 11 is 0. The summed E-state index contributed by atoms with van der Waals surface area (Å²) in [5.41, 5.74) is -0.636. The minimum Gasteiger partial charge on any atom is -0.497 e. The van der Waals surface area contributed by atoms with Crippen molar-refractivity contribution in [1.82, 2.24) is 20.2 Å². The van der Waals surface area contributed by atoms with Crippen LogP contribution < -0.4 is 15.4 Å². The molecule has 1 fully saturated rings. The van der Waals surface area contributed by atoms with Crippen LogP contribution in [-0.2, 0) is 11.3 Å². The van der Waals surface area contributed by atoms with E-state index >= 15 is 0 Å². The SMILES string of the molecule is COc1ccc2cn(C[C@@]3(C#Cc4ccc(C(C)N=O)nc4)NC(=O)NC3=O)c(O)c2c1. The molecule has 0 saturated carbocycles. The predicted octanol–water partition coefficient (Wildman–Crippen LogP) is 2.21. The Balaban J connectivity index is 1.70. The molecule has 2 aromatic heterocycles. The van der Waals surface area contributed by atoms with Gasteiger partial charge in [0.25, 0.3) is 5.91 Å². The summed E-state index contributed by atoms with van der Waals surface area (Å²) in [7, 11) is 1.52. The van der Waals surface area contributed by atoms with Gasteiger partial charge in [0.05, 0.1) is 19.3 Å². The van der Waals surface area contributed by atoms with Gasteiger partial charge in [0.2, 0.25) is 5.54 Å². The molecule has 3 heterocycles. The zero-order chi connectivity index (χ0) is 22.9. The molecule has 0 radical (unpaired) electrons. The highest BCUT2D eigenvalue weighted by Crippen LogP contribution is 2.32. The number of hydrogen-bond acceptors (Lipinski definition) is 7. The molecule has 3 aromatic rings. The summed E-state index contributed by atoms with van der Waals surface area (Å²) in [6.07, 6.45) is 3.12. The van der Waals surface area contributed by atoms with E-state index in [2.05, 4.69) is 32.6 Å². The van der Waals surface area contributed by atoms with Gasteiger partial charge in [0.15, 0.2) is 5.88 Å². The van der Waals surface area contributed by atoms with Crippen molar-refractivity contribution >= 4 is 22.7 Å². The van der Waals surface area contributed by atoms with Crippen LogP contribution >= 0.6 is 0 Å². The molecule has 10 heteroatoms. The molecule has 2 atom stereocenters. The lowest BCUT2D eigenvalue weighted by Crippen LogP contribution is -2.49. The number of methoxy groups -OCH3 is 1. The van der Waals surface area contributed by atoms with Crippen molar-refractivity contribution in [2.75, 3.05) is 7.11 Å². The number of nitroso groups, excluding NO2 is 1. The van der Waals surface area contributed by atoms with Gasteiger partial charge in [-0.25, -0.2) is 4.79 Å². The fourth-order valence-electron chi connectivity index (χ4n) is 3.42. The van der Waals surface area contributed by atoms with Crippen LogP contribution in [0.3, 0.4) is 0 Å². The lowest BCUT2D eigenvalue weighted by molar-refractivity contribution is -0.122. The van der Waals surface area contributed by atoms with Crippen molar-refractivity contribution in [1.29, 1.82) is 0 Å². The number of pyridine rings is 1. The van der Waals surface area contributed by atoms with Crippen LogP contribution in [0.4, 0.5) is 4.79 Å². The molecule has 0 spiro atoms. The summed E-state index contributed by atoms with van der Waals surface area (Å²) in [6, 6.07) is 7.20. The molecule has 0 bridgehead atoms. The Hall–Kier alpha value is -4.39. The first-order chi connectivity index (χ1) is 15.3. The summed E-state index contributed by atoms with van der Waals surface area (Å²) in [5.74, 6) is 5.52. The number of hydrogen-bond donors (Lipinski definition) is 3. The highest BCUT2D eigenvalue weighted by atomic mass is 16.5. The summed E-state index contributed by atoms with van der Waals surface area (Å²) in [6.45, 7) is 1.50. The Labute approximate surface area is 182 Å². The third-order valence-corrected chi connectivity index (χ3v) is 5.21. The minimum atomic E-state index is -1.61. The maximum atomic E-state index is 12.7. The van der Waals surface area contributed by atoms with Gasteiger partial charge in [0.1, 0.15) is 11.8 Å².